The van der Waals surface area contributed by atoms with Crippen molar-refractivity contribution < 1.29 is 9.31 Å². The molecule has 0 amide bonds. The van der Waals surface area contributed by atoms with Crippen LogP contribution in [-0.2, 0) is 0 Å². The minimum absolute atomic E-state index is 0.0172. The van der Waals surface area contributed by atoms with E-state index >= 15 is 0 Å². The molecule has 2 rings (SSSR count). The van der Waals surface area contributed by atoms with E-state index in [0.717, 1.165) is 11.6 Å². The minimum atomic E-state index is -0.837. The fraction of sp³-hybridized carbons (Fsp3) is 0.200. The molecule has 0 aliphatic rings. The molecule has 0 saturated heterocycles. The van der Waals surface area contributed by atoms with Crippen LogP contribution in [0.5, 0.6) is 0 Å². The third kappa shape index (κ3) is 3.12. The SMILES string of the molecule is Cc1ccc(C(C)Nc2ccc([N+](=O)[O-])c(F)c2)cc1. The van der Waals surface area contributed by atoms with Gasteiger partial charge in [0.15, 0.2) is 0 Å². The molecule has 0 aliphatic carbocycles. The van der Waals surface area contributed by atoms with Crippen LogP contribution in [0.1, 0.15) is 24.1 Å². The van der Waals surface area contributed by atoms with Crippen LogP contribution in [0, 0.1) is 22.9 Å². The van der Waals surface area contributed by atoms with Crippen LogP contribution in [-0.4, -0.2) is 4.92 Å². The summed E-state index contributed by atoms with van der Waals surface area (Å²) in [4.78, 5) is 9.82. The number of aryl methyl sites for hydroxylation is 1. The number of hydrogen-bond acceptors (Lipinski definition) is 3. The summed E-state index contributed by atoms with van der Waals surface area (Å²) in [6.07, 6.45) is 0. The molecular weight excluding hydrogens is 259 g/mol. The molecule has 4 nitrogen and oxygen atoms in total. The lowest BCUT2D eigenvalue weighted by molar-refractivity contribution is -0.387. The smallest absolute Gasteiger partial charge is 0.304 e. The molecule has 5 heteroatoms. The maximum Gasteiger partial charge on any atom is 0.304 e. The van der Waals surface area contributed by atoms with Gasteiger partial charge in [0.25, 0.3) is 0 Å². The van der Waals surface area contributed by atoms with E-state index < -0.39 is 16.4 Å². The molecule has 0 aliphatic heterocycles. The van der Waals surface area contributed by atoms with Gasteiger partial charge >= 0.3 is 5.69 Å². The van der Waals surface area contributed by atoms with Gasteiger partial charge in [0.05, 0.1) is 4.92 Å². The molecule has 2 aromatic rings. The fourth-order valence-electron chi connectivity index (χ4n) is 1.93. The molecule has 2 aromatic carbocycles. The lowest BCUT2D eigenvalue weighted by Crippen LogP contribution is -2.07. The molecular formula is C15H15FN2O2. The van der Waals surface area contributed by atoms with Gasteiger partial charge in [0.2, 0.25) is 5.82 Å². The molecule has 1 atom stereocenters. The zero-order chi connectivity index (χ0) is 14.7. The van der Waals surface area contributed by atoms with Crippen molar-refractivity contribution in [3.8, 4) is 0 Å². The molecule has 0 heterocycles. The predicted molar refractivity (Wildman–Crippen MR) is 76.3 cm³/mol. The van der Waals surface area contributed by atoms with Gasteiger partial charge < -0.3 is 5.32 Å². The minimum Gasteiger partial charge on any atom is -0.378 e. The second-order valence-corrected chi connectivity index (χ2v) is 4.70. The van der Waals surface area contributed by atoms with Crippen molar-refractivity contribution in [3.63, 3.8) is 0 Å². The van der Waals surface area contributed by atoms with Crippen molar-refractivity contribution in [1.82, 2.24) is 0 Å². The van der Waals surface area contributed by atoms with Gasteiger partial charge in [-0.1, -0.05) is 29.8 Å². The Hall–Kier alpha value is -2.43. The first kappa shape index (κ1) is 14.0. The Balaban J connectivity index is 2.15. The molecule has 104 valence electrons. The van der Waals surface area contributed by atoms with E-state index in [1.807, 2.05) is 38.1 Å². The van der Waals surface area contributed by atoms with E-state index in [1.165, 1.54) is 17.7 Å². The highest BCUT2D eigenvalue weighted by atomic mass is 19.1. The molecule has 1 unspecified atom stereocenters. The summed E-state index contributed by atoms with van der Waals surface area (Å²) in [5, 5.41) is 13.7. The summed E-state index contributed by atoms with van der Waals surface area (Å²) in [5.41, 5.74) is 2.23. The lowest BCUT2D eigenvalue weighted by Gasteiger charge is -2.16. The normalized spacial score (nSPS) is 11.9. The summed E-state index contributed by atoms with van der Waals surface area (Å²) in [7, 11) is 0. The Kier molecular flexibility index (Phi) is 3.98. The first-order valence-corrected chi connectivity index (χ1v) is 6.24. The summed E-state index contributed by atoms with van der Waals surface area (Å²) in [5.74, 6) is -0.837. The van der Waals surface area contributed by atoms with Crippen molar-refractivity contribution >= 4 is 11.4 Å². The van der Waals surface area contributed by atoms with E-state index in [2.05, 4.69) is 5.32 Å². The number of hydrogen-bond donors (Lipinski definition) is 1. The topological polar surface area (TPSA) is 55.2 Å². The van der Waals surface area contributed by atoms with Crippen LogP contribution < -0.4 is 5.32 Å². The maximum absolute atomic E-state index is 13.5. The second kappa shape index (κ2) is 5.69. The average Bonchev–Trinajstić information content (AvgIpc) is 2.39. The number of rotatable bonds is 4. The van der Waals surface area contributed by atoms with E-state index in [-0.39, 0.29) is 6.04 Å². The van der Waals surface area contributed by atoms with E-state index in [4.69, 9.17) is 0 Å². The zero-order valence-corrected chi connectivity index (χ0v) is 11.3. The fourth-order valence-corrected chi connectivity index (χ4v) is 1.93. The van der Waals surface area contributed by atoms with Crippen LogP contribution in [0.2, 0.25) is 0 Å². The van der Waals surface area contributed by atoms with Gasteiger partial charge in [0.1, 0.15) is 0 Å². The highest BCUT2D eigenvalue weighted by Gasteiger charge is 2.14. The van der Waals surface area contributed by atoms with Crippen molar-refractivity contribution in [2.24, 2.45) is 0 Å². The maximum atomic E-state index is 13.5. The molecule has 0 radical (unpaired) electrons. The van der Waals surface area contributed by atoms with Crippen LogP contribution >= 0.6 is 0 Å². The number of nitrogens with one attached hydrogen (secondary N) is 1. The molecule has 1 N–H and O–H groups in total. The van der Waals surface area contributed by atoms with Gasteiger partial charge in [-0.2, -0.15) is 4.39 Å². The summed E-state index contributed by atoms with van der Waals surface area (Å²) < 4.78 is 13.5. The molecule has 20 heavy (non-hydrogen) atoms. The van der Waals surface area contributed by atoms with Crippen LogP contribution in [0.15, 0.2) is 42.5 Å². The molecule has 0 fully saturated rings. The van der Waals surface area contributed by atoms with E-state index in [1.54, 1.807) is 0 Å². The number of nitro benzene ring substituents is 1. The first-order valence-electron chi connectivity index (χ1n) is 6.24. The third-order valence-corrected chi connectivity index (χ3v) is 3.10. The Labute approximate surface area is 116 Å². The van der Waals surface area contributed by atoms with E-state index in [0.29, 0.717) is 5.69 Å². The monoisotopic (exact) mass is 274 g/mol. The van der Waals surface area contributed by atoms with Crippen LogP contribution in [0.4, 0.5) is 15.8 Å². The average molecular weight is 274 g/mol. The van der Waals surface area contributed by atoms with Crippen molar-refractivity contribution in [1.29, 1.82) is 0 Å². The summed E-state index contributed by atoms with van der Waals surface area (Å²) in [6.45, 7) is 3.96. The quantitative estimate of drug-likeness (QED) is 0.671. The highest BCUT2D eigenvalue weighted by Crippen LogP contribution is 2.24. The number of halogens is 1. The largest absolute Gasteiger partial charge is 0.378 e. The van der Waals surface area contributed by atoms with Gasteiger partial charge in [0, 0.05) is 23.9 Å². The van der Waals surface area contributed by atoms with Crippen LogP contribution in [0.3, 0.4) is 0 Å². The van der Waals surface area contributed by atoms with Gasteiger partial charge in [-0.3, -0.25) is 10.1 Å². The van der Waals surface area contributed by atoms with Gasteiger partial charge in [-0.15, -0.1) is 0 Å². The summed E-state index contributed by atoms with van der Waals surface area (Å²) >= 11 is 0. The van der Waals surface area contributed by atoms with Crippen LogP contribution in [0.25, 0.3) is 0 Å². The van der Waals surface area contributed by atoms with Gasteiger partial charge in [-0.05, 0) is 25.5 Å². The standard InChI is InChI=1S/C15H15FN2O2/c1-10-3-5-12(6-4-10)11(2)17-13-7-8-15(18(19)20)14(16)9-13/h3-9,11,17H,1-2H3. The van der Waals surface area contributed by atoms with Gasteiger partial charge in [-0.25, -0.2) is 0 Å². The summed E-state index contributed by atoms with van der Waals surface area (Å²) in [6, 6.07) is 11.8. The third-order valence-electron chi connectivity index (χ3n) is 3.10. The molecule has 0 bridgehead atoms. The Morgan fingerprint density at radius 3 is 2.40 bits per heavy atom. The number of benzene rings is 2. The number of nitro groups is 1. The molecule has 0 saturated carbocycles. The predicted octanol–water partition coefficient (Wildman–Crippen LogP) is 4.22. The number of anilines is 1. The highest BCUT2D eigenvalue weighted by molar-refractivity contribution is 5.51. The molecule has 0 aromatic heterocycles. The van der Waals surface area contributed by atoms with Crippen molar-refractivity contribution in [3.05, 3.63) is 69.5 Å². The number of nitrogens with zero attached hydrogens (tertiary/aromatic N) is 1. The Morgan fingerprint density at radius 2 is 1.85 bits per heavy atom. The zero-order valence-electron chi connectivity index (χ0n) is 11.3. The second-order valence-electron chi connectivity index (χ2n) is 4.70. The molecule has 0 spiro atoms. The van der Waals surface area contributed by atoms with Crippen molar-refractivity contribution in [2.75, 3.05) is 5.32 Å². The first-order chi connectivity index (χ1) is 9.47. The van der Waals surface area contributed by atoms with E-state index in [9.17, 15) is 14.5 Å². The van der Waals surface area contributed by atoms with Crippen molar-refractivity contribution in [2.45, 2.75) is 19.9 Å². The Morgan fingerprint density at radius 1 is 1.20 bits per heavy atom. The Bertz CT molecular complexity index is 626. The lowest BCUT2D eigenvalue weighted by atomic mass is 10.1.